The molecule has 4 heterocycles. The standard InChI is InChI=1S/C51H39N3O/c1-32-26-46(53-31-44(32)34-16-9-6-10-17-34)43-30-37(29-42-41-20-13-19-38(49(41)55-50(42)43)33-14-7-5-8-15-33)54-47-21-12-11-18-39(47)40-23-22-35(27-48(40)54)45-28-36(24-25-52-45)51(2,3)4/h5-31H,1-4H3/i1D3. The molecule has 0 N–H and O–H groups in total. The van der Waals surface area contributed by atoms with Crippen LogP contribution in [0.4, 0.5) is 0 Å². The van der Waals surface area contributed by atoms with E-state index in [2.05, 4.69) is 122 Å². The van der Waals surface area contributed by atoms with Crippen LogP contribution in [0, 0.1) is 6.85 Å². The molecule has 0 aliphatic rings. The van der Waals surface area contributed by atoms with E-state index in [0.717, 1.165) is 71.8 Å². The minimum Gasteiger partial charge on any atom is -0.455 e. The van der Waals surface area contributed by atoms with Gasteiger partial charge in [-0.1, -0.05) is 130 Å². The molecule has 0 saturated carbocycles. The lowest BCUT2D eigenvalue weighted by Gasteiger charge is -2.19. The van der Waals surface area contributed by atoms with E-state index in [1.807, 2.05) is 54.7 Å². The lowest BCUT2D eigenvalue weighted by molar-refractivity contribution is 0.589. The number of aryl methyl sites for hydroxylation is 1. The molecule has 0 aliphatic heterocycles. The number of para-hydroxylation sites is 2. The third-order valence-corrected chi connectivity index (χ3v) is 10.8. The van der Waals surface area contributed by atoms with Crippen LogP contribution in [-0.2, 0) is 5.41 Å². The molecule has 0 saturated heterocycles. The highest BCUT2D eigenvalue weighted by Crippen LogP contribution is 2.43. The van der Waals surface area contributed by atoms with Gasteiger partial charge in [-0.05, 0) is 77.0 Å². The van der Waals surface area contributed by atoms with Crippen LogP contribution in [0.3, 0.4) is 0 Å². The fraction of sp³-hybridized carbons (Fsp3) is 0.0980. The molecule has 10 aromatic rings. The first-order valence-corrected chi connectivity index (χ1v) is 18.6. The first-order valence-electron chi connectivity index (χ1n) is 20.1. The van der Waals surface area contributed by atoms with Crippen LogP contribution in [0.5, 0.6) is 0 Å². The second kappa shape index (κ2) is 12.7. The molecule has 55 heavy (non-hydrogen) atoms. The Labute approximate surface area is 324 Å². The molecule has 0 unspecified atom stereocenters. The smallest absolute Gasteiger partial charge is 0.144 e. The summed E-state index contributed by atoms with van der Waals surface area (Å²) in [7, 11) is 0. The lowest BCUT2D eigenvalue weighted by atomic mass is 9.87. The number of nitrogens with zero attached hydrogens (tertiary/aromatic N) is 3. The number of rotatable bonds is 5. The topological polar surface area (TPSA) is 43.9 Å². The maximum absolute atomic E-state index is 8.64. The Morgan fingerprint density at radius 3 is 2.02 bits per heavy atom. The fourth-order valence-electron chi connectivity index (χ4n) is 7.96. The molecule has 4 aromatic heterocycles. The summed E-state index contributed by atoms with van der Waals surface area (Å²) in [5, 5.41) is 4.11. The van der Waals surface area contributed by atoms with Gasteiger partial charge < -0.3 is 8.98 Å². The quantitative estimate of drug-likeness (QED) is 0.178. The Morgan fingerprint density at radius 1 is 0.527 bits per heavy atom. The van der Waals surface area contributed by atoms with Crippen LogP contribution in [0.1, 0.15) is 36.0 Å². The Hall–Kier alpha value is -6.78. The highest BCUT2D eigenvalue weighted by atomic mass is 16.3. The van der Waals surface area contributed by atoms with E-state index in [-0.39, 0.29) is 11.0 Å². The van der Waals surface area contributed by atoms with E-state index >= 15 is 0 Å². The highest BCUT2D eigenvalue weighted by Gasteiger charge is 2.22. The number of hydrogen-bond donors (Lipinski definition) is 0. The molecule has 0 radical (unpaired) electrons. The minimum absolute atomic E-state index is 0.0248. The van der Waals surface area contributed by atoms with Gasteiger partial charge in [0.25, 0.3) is 0 Å². The summed E-state index contributed by atoms with van der Waals surface area (Å²) in [6.45, 7) is 4.26. The molecule has 10 rings (SSSR count). The van der Waals surface area contributed by atoms with Crippen LogP contribution in [0.2, 0.25) is 0 Å². The zero-order valence-electron chi connectivity index (χ0n) is 33.8. The number of fused-ring (bicyclic) bond motifs is 6. The molecule has 0 amide bonds. The maximum atomic E-state index is 8.64. The maximum Gasteiger partial charge on any atom is 0.144 e. The van der Waals surface area contributed by atoms with Gasteiger partial charge in [-0.15, -0.1) is 0 Å². The third kappa shape index (κ3) is 5.52. The number of furan rings is 1. The first-order chi connectivity index (χ1) is 28.0. The first kappa shape index (κ1) is 29.6. The third-order valence-electron chi connectivity index (χ3n) is 10.8. The van der Waals surface area contributed by atoms with E-state index in [4.69, 9.17) is 18.5 Å². The van der Waals surface area contributed by atoms with Crippen molar-refractivity contribution in [3.05, 3.63) is 175 Å². The van der Waals surface area contributed by atoms with Gasteiger partial charge in [0, 0.05) is 66.0 Å². The van der Waals surface area contributed by atoms with Crippen molar-refractivity contribution in [3.8, 4) is 50.5 Å². The largest absolute Gasteiger partial charge is 0.455 e. The van der Waals surface area contributed by atoms with Crippen molar-refractivity contribution >= 4 is 43.7 Å². The summed E-state index contributed by atoms with van der Waals surface area (Å²) in [6, 6.07) is 51.4. The van der Waals surface area contributed by atoms with Crippen molar-refractivity contribution in [2.45, 2.75) is 33.0 Å². The van der Waals surface area contributed by atoms with Crippen molar-refractivity contribution in [2.24, 2.45) is 0 Å². The summed E-state index contributed by atoms with van der Waals surface area (Å²) >= 11 is 0. The molecule has 0 spiro atoms. The summed E-state index contributed by atoms with van der Waals surface area (Å²) in [4.78, 5) is 9.82. The summed E-state index contributed by atoms with van der Waals surface area (Å²) < 4.78 is 35.2. The van der Waals surface area contributed by atoms with Gasteiger partial charge in [-0.3, -0.25) is 9.97 Å². The summed E-state index contributed by atoms with van der Waals surface area (Å²) in [5.41, 5.74) is 12.3. The number of aromatic nitrogens is 3. The Morgan fingerprint density at radius 2 is 1.24 bits per heavy atom. The number of benzene rings is 6. The Kier molecular flexibility index (Phi) is 6.83. The zero-order chi connectivity index (χ0) is 39.8. The van der Waals surface area contributed by atoms with E-state index in [1.165, 1.54) is 5.56 Å². The van der Waals surface area contributed by atoms with E-state index < -0.39 is 6.85 Å². The molecule has 0 bridgehead atoms. The average Bonchev–Trinajstić information content (AvgIpc) is 3.79. The van der Waals surface area contributed by atoms with Crippen LogP contribution in [0.15, 0.2) is 168 Å². The van der Waals surface area contributed by atoms with Crippen LogP contribution < -0.4 is 0 Å². The fourth-order valence-corrected chi connectivity index (χ4v) is 7.96. The second-order valence-electron chi connectivity index (χ2n) is 15.3. The second-order valence-corrected chi connectivity index (χ2v) is 15.3. The average molecular weight is 713 g/mol. The molecule has 0 aliphatic carbocycles. The lowest BCUT2D eigenvalue weighted by Crippen LogP contribution is -2.11. The minimum atomic E-state index is -2.39. The van der Waals surface area contributed by atoms with Crippen LogP contribution in [0.25, 0.3) is 94.2 Å². The monoisotopic (exact) mass is 712 g/mol. The van der Waals surface area contributed by atoms with Gasteiger partial charge in [0.15, 0.2) is 0 Å². The van der Waals surface area contributed by atoms with Crippen LogP contribution in [-0.4, -0.2) is 14.5 Å². The van der Waals surface area contributed by atoms with Gasteiger partial charge in [-0.2, -0.15) is 0 Å². The molecule has 0 atom stereocenters. The molecular formula is C51H39N3O. The molecule has 0 fully saturated rings. The van der Waals surface area contributed by atoms with Crippen molar-refractivity contribution < 1.29 is 8.53 Å². The Bertz CT molecular complexity index is 3190. The predicted molar refractivity (Wildman–Crippen MR) is 229 cm³/mol. The zero-order valence-corrected chi connectivity index (χ0v) is 30.8. The van der Waals surface area contributed by atoms with E-state index in [0.29, 0.717) is 22.4 Å². The van der Waals surface area contributed by atoms with Crippen molar-refractivity contribution in [1.82, 2.24) is 14.5 Å². The molecule has 264 valence electrons. The SMILES string of the molecule is [2H]C([2H])([2H])c1cc(-c2cc(-n3c4ccccc4c4ccc(-c5cc(C(C)(C)C)ccn5)cc43)cc3c2oc2c(-c4ccccc4)cccc23)ncc1-c1ccccc1. The molecule has 6 aromatic carbocycles. The van der Waals surface area contributed by atoms with Gasteiger partial charge in [0.05, 0.1) is 22.4 Å². The molecule has 4 heteroatoms. The highest BCUT2D eigenvalue weighted by molar-refractivity contribution is 6.15. The molecule has 4 nitrogen and oxygen atoms in total. The van der Waals surface area contributed by atoms with Gasteiger partial charge in [0.1, 0.15) is 11.2 Å². The summed E-state index contributed by atoms with van der Waals surface area (Å²) in [6.07, 6.45) is 3.58. The van der Waals surface area contributed by atoms with E-state index in [9.17, 15) is 0 Å². The van der Waals surface area contributed by atoms with Crippen molar-refractivity contribution in [3.63, 3.8) is 0 Å². The van der Waals surface area contributed by atoms with Gasteiger partial charge in [0.2, 0.25) is 0 Å². The van der Waals surface area contributed by atoms with Crippen molar-refractivity contribution in [2.75, 3.05) is 0 Å². The Balaban J connectivity index is 1.28. The van der Waals surface area contributed by atoms with Crippen LogP contribution >= 0.6 is 0 Å². The van der Waals surface area contributed by atoms with Gasteiger partial charge in [-0.25, -0.2) is 0 Å². The number of pyridine rings is 2. The van der Waals surface area contributed by atoms with Gasteiger partial charge >= 0.3 is 0 Å². The summed E-state index contributed by atoms with van der Waals surface area (Å²) in [5.74, 6) is 0. The normalized spacial score (nSPS) is 13.0. The van der Waals surface area contributed by atoms with Crippen molar-refractivity contribution in [1.29, 1.82) is 0 Å². The molecular weight excluding hydrogens is 671 g/mol. The number of hydrogen-bond acceptors (Lipinski definition) is 3. The van der Waals surface area contributed by atoms with E-state index in [1.54, 1.807) is 12.3 Å². The predicted octanol–water partition coefficient (Wildman–Crippen LogP) is 13.7.